The lowest BCUT2D eigenvalue weighted by molar-refractivity contribution is 0.593. The molecule has 0 heterocycles. The highest BCUT2D eigenvalue weighted by atomic mass is 79.9. The lowest BCUT2D eigenvalue weighted by atomic mass is 9.99. The second kappa shape index (κ2) is 5.70. The van der Waals surface area contributed by atoms with Crippen LogP contribution in [0.4, 0.5) is 4.39 Å². The van der Waals surface area contributed by atoms with E-state index in [4.69, 9.17) is 17.3 Å². The SMILES string of the molecule is NC(c1cc(Br)ccc1Cl)c1cccc(Br)c1F. The van der Waals surface area contributed by atoms with E-state index in [1.165, 1.54) is 0 Å². The average molecular weight is 393 g/mol. The smallest absolute Gasteiger partial charge is 0.142 e. The molecule has 1 atom stereocenters. The van der Waals surface area contributed by atoms with E-state index >= 15 is 0 Å². The summed E-state index contributed by atoms with van der Waals surface area (Å²) in [4.78, 5) is 0. The Kier molecular flexibility index (Phi) is 4.43. The van der Waals surface area contributed by atoms with Crippen LogP contribution in [0.15, 0.2) is 45.3 Å². The van der Waals surface area contributed by atoms with Gasteiger partial charge in [0.25, 0.3) is 0 Å². The molecule has 0 aromatic heterocycles. The normalized spacial score (nSPS) is 12.5. The molecule has 94 valence electrons. The average Bonchev–Trinajstić information content (AvgIpc) is 2.35. The van der Waals surface area contributed by atoms with E-state index in [1.807, 2.05) is 6.07 Å². The number of halogens is 4. The van der Waals surface area contributed by atoms with Crippen LogP contribution < -0.4 is 5.73 Å². The van der Waals surface area contributed by atoms with Crippen molar-refractivity contribution in [2.75, 3.05) is 0 Å². The summed E-state index contributed by atoms with van der Waals surface area (Å²) >= 11 is 12.6. The first-order valence-corrected chi connectivity index (χ1v) is 7.11. The van der Waals surface area contributed by atoms with Gasteiger partial charge in [0, 0.05) is 15.1 Å². The molecule has 0 fully saturated rings. The number of hydrogen-bond acceptors (Lipinski definition) is 1. The molecule has 0 aliphatic heterocycles. The van der Waals surface area contributed by atoms with E-state index in [9.17, 15) is 4.39 Å². The van der Waals surface area contributed by atoms with E-state index in [0.717, 1.165) is 4.47 Å². The minimum atomic E-state index is -0.604. The van der Waals surface area contributed by atoms with Crippen LogP contribution in [0, 0.1) is 5.82 Å². The first-order valence-electron chi connectivity index (χ1n) is 5.15. The van der Waals surface area contributed by atoms with Crippen molar-refractivity contribution >= 4 is 43.5 Å². The highest BCUT2D eigenvalue weighted by Crippen LogP contribution is 2.32. The van der Waals surface area contributed by atoms with Gasteiger partial charge < -0.3 is 5.73 Å². The first kappa shape index (κ1) is 14.0. The zero-order valence-corrected chi connectivity index (χ0v) is 13.1. The summed E-state index contributed by atoms with van der Waals surface area (Å²) in [6.07, 6.45) is 0. The second-order valence-corrected chi connectivity index (χ2v) is 5.96. The fraction of sp³-hybridized carbons (Fsp3) is 0.0769. The van der Waals surface area contributed by atoms with Crippen LogP contribution in [0.25, 0.3) is 0 Å². The predicted molar refractivity (Wildman–Crippen MR) is 79.3 cm³/mol. The van der Waals surface area contributed by atoms with E-state index in [1.54, 1.807) is 30.3 Å². The maximum absolute atomic E-state index is 14.0. The molecule has 0 aliphatic carbocycles. The Morgan fingerprint density at radius 1 is 1.11 bits per heavy atom. The Morgan fingerprint density at radius 2 is 1.83 bits per heavy atom. The van der Waals surface area contributed by atoms with Gasteiger partial charge in [-0.05, 0) is 45.8 Å². The van der Waals surface area contributed by atoms with Crippen molar-refractivity contribution in [2.24, 2.45) is 5.73 Å². The lowest BCUT2D eigenvalue weighted by Gasteiger charge is -2.16. The Morgan fingerprint density at radius 3 is 2.56 bits per heavy atom. The zero-order chi connectivity index (χ0) is 13.3. The molecule has 0 spiro atoms. The lowest BCUT2D eigenvalue weighted by Crippen LogP contribution is -2.14. The molecule has 18 heavy (non-hydrogen) atoms. The van der Waals surface area contributed by atoms with Gasteiger partial charge in [-0.1, -0.05) is 39.7 Å². The molecule has 2 aromatic carbocycles. The summed E-state index contributed by atoms with van der Waals surface area (Å²) in [6, 6.07) is 9.77. The Balaban J connectivity index is 2.51. The van der Waals surface area contributed by atoms with Crippen LogP contribution >= 0.6 is 43.5 Å². The molecule has 0 saturated carbocycles. The summed E-state index contributed by atoms with van der Waals surface area (Å²) in [5.74, 6) is -0.360. The van der Waals surface area contributed by atoms with Crippen molar-refractivity contribution in [3.8, 4) is 0 Å². The second-order valence-electron chi connectivity index (χ2n) is 3.79. The van der Waals surface area contributed by atoms with Crippen molar-refractivity contribution in [3.05, 3.63) is 67.3 Å². The maximum atomic E-state index is 14.0. The van der Waals surface area contributed by atoms with Gasteiger partial charge in [0.15, 0.2) is 0 Å². The van der Waals surface area contributed by atoms with E-state index in [-0.39, 0.29) is 5.82 Å². The third-order valence-corrected chi connectivity index (χ3v) is 4.06. The molecular weight excluding hydrogens is 384 g/mol. The fourth-order valence-electron chi connectivity index (χ4n) is 1.68. The van der Waals surface area contributed by atoms with E-state index in [2.05, 4.69) is 31.9 Å². The van der Waals surface area contributed by atoms with Gasteiger partial charge in [0.1, 0.15) is 5.82 Å². The molecular formula is C13H9Br2ClFN. The van der Waals surface area contributed by atoms with Crippen molar-refractivity contribution in [2.45, 2.75) is 6.04 Å². The van der Waals surface area contributed by atoms with Crippen LogP contribution in [0.3, 0.4) is 0 Å². The monoisotopic (exact) mass is 391 g/mol. The summed E-state index contributed by atoms with van der Waals surface area (Å²) in [5, 5.41) is 0.519. The van der Waals surface area contributed by atoms with Gasteiger partial charge in [0.05, 0.1) is 10.5 Å². The number of rotatable bonds is 2. The molecule has 1 nitrogen and oxygen atoms in total. The summed E-state index contributed by atoms with van der Waals surface area (Å²) in [6.45, 7) is 0. The molecule has 2 rings (SSSR count). The molecule has 5 heteroatoms. The highest BCUT2D eigenvalue weighted by Gasteiger charge is 2.17. The summed E-state index contributed by atoms with van der Waals surface area (Å²) in [5.41, 5.74) is 7.18. The minimum Gasteiger partial charge on any atom is -0.320 e. The Labute approximate surface area is 126 Å². The van der Waals surface area contributed by atoms with Gasteiger partial charge in [-0.3, -0.25) is 0 Å². The minimum absolute atomic E-state index is 0.360. The number of nitrogens with two attached hydrogens (primary N) is 1. The van der Waals surface area contributed by atoms with Crippen molar-refractivity contribution in [1.29, 1.82) is 0 Å². The van der Waals surface area contributed by atoms with Gasteiger partial charge in [-0.15, -0.1) is 0 Å². The van der Waals surface area contributed by atoms with E-state index in [0.29, 0.717) is 20.6 Å². The van der Waals surface area contributed by atoms with Gasteiger partial charge >= 0.3 is 0 Å². The fourth-order valence-corrected chi connectivity index (χ4v) is 2.68. The van der Waals surface area contributed by atoms with Gasteiger partial charge in [-0.25, -0.2) is 4.39 Å². The quantitative estimate of drug-likeness (QED) is 0.759. The summed E-state index contributed by atoms with van der Waals surface area (Å²) < 4.78 is 15.2. The van der Waals surface area contributed by atoms with Crippen LogP contribution in [0.1, 0.15) is 17.2 Å². The van der Waals surface area contributed by atoms with Gasteiger partial charge in [0.2, 0.25) is 0 Å². The Bertz CT molecular complexity index is 587. The number of benzene rings is 2. The molecule has 0 aliphatic rings. The van der Waals surface area contributed by atoms with Gasteiger partial charge in [-0.2, -0.15) is 0 Å². The predicted octanol–water partition coefficient (Wildman–Crippen LogP) is 5.05. The van der Waals surface area contributed by atoms with E-state index < -0.39 is 6.04 Å². The van der Waals surface area contributed by atoms with Crippen LogP contribution in [0.2, 0.25) is 5.02 Å². The van der Waals surface area contributed by atoms with Crippen LogP contribution in [0.5, 0.6) is 0 Å². The molecule has 0 radical (unpaired) electrons. The number of hydrogen-bond donors (Lipinski definition) is 1. The topological polar surface area (TPSA) is 26.0 Å². The van der Waals surface area contributed by atoms with Crippen LogP contribution in [-0.2, 0) is 0 Å². The molecule has 0 amide bonds. The maximum Gasteiger partial charge on any atom is 0.142 e. The summed E-state index contributed by atoms with van der Waals surface area (Å²) in [7, 11) is 0. The first-order chi connectivity index (χ1) is 8.50. The molecule has 2 N–H and O–H groups in total. The zero-order valence-electron chi connectivity index (χ0n) is 9.13. The molecule has 0 bridgehead atoms. The van der Waals surface area contributed by atoms with Crippen molar-refractivity contribution in [3.63, 3.8) is 0 Å². The molecule has 0 saturated heterocycles. The molecule has 2 aromatic rings. The Hall–Kier alpha value is -0.420. The van der Waals surface area contributed by atoms with Crippen molar-refractivity contribution in [1.82, 2.24) is 0 Å². The van der Waals surface area contributed by atoms with Crippen molar-refractivity contribution < 1.29 is 4.39 Å². The largest absolute Gasteiger partial charge is 0.320 e. The third kappa shape index (κ3) is 2.77. The van der Waals surface area contributed by atoms with Crippen LogP contribution in [-0.4, -0.2) is 0 Å². The standard InChI is InChI=1S/C13H9Br2ClFN/c14-7-4-5-11(16)9(6-7)13(18)8-2-1-3-10(15)12(8)17/h1-6,13H,18H2. The highest BCUT2D eigenvalue weighted by molar-refractivity contribution is 9.10. The molecule has 1 unspecified atom stereocenters. The third-order valence-electron chi connectivity index (χ3n) is 2.61.